The van der Waals surface area contributed by atoms with Crippen molar-refractivity contribution in [2.75, 3.05) is 27.3 Å². The van der Waals surface area contributed by atoms with Gasteiger partial charge in [-0.3, -0.25) is 9.59 Å². The molecule has 6 heteroatoms. The molecule has 1 rings (SSSR count). The molecule has 6 nitrogen and oxygen atoms in total. The molecule has 0 bridgehead atoms. The van der Waals surface area contributed by atoms with E-state index in [9.17, 15) is 9.59 Å². The lowest BCUT2D eigenvalue weighted by Crippen LogP contribution is -2.32. The van der Waals surface area contributed by atoms with E-state index in [0.29, 0.717) is 49.5 Å². The molecular weight excluding hydrogens is 442 g/mol. The number of ether oxygens (including phenoxy) is 3. The molecule has 0 radical (unpaired) electrons. The first kappa shape index (κ1) is 30.0. The lowest BCUT2D eigenvalue weighted by Gasteiger charge is -2.22. The van der Waals surface area contributed by atoms with E-state index < -0.39 is 0 Å². The third-order valence-electron chi connectivity index (χ3n) is 5.87. The fourth-order valence-electron chi connectivity index (χ4n) is 3.74. The Kier molecular flexibility index (Phi) is 13.5. The number of amides is 1. The smallest absolute Gasteiger partial charge is 0.225 e. The Hall–Kier alpha value is -3.02. The zero-order valence-corrected chi connectivity index (χ0v) is 22.3. The van der Waals surface area contributed by atoms with Gasteiger partial charge >= 0.3 is 0 Å². The highest BCUT2D eigenvalue weighted by Crippen LogP contribution is 2.31. The van der Waals surface area contributed by atoms with Gasteiger partial charge in [0.1, 0.15) is 0 Å². The molecule has 194 valence electrons. The van der Waals surface area contributed by atoms with Crippen LogP contribution < -0.4 is 9.47 Å². The van der Waals surface area contributed by atoms with Crippen LogP contribution in [-0.2, 0) is 9.53 Å². The molecule has 0 spiro atoms. The number of nitrogens with zero attached hydrogens (tertiary/aromatic N) is 1. The molecule has 0 N–H and O–H groups in total. The molecule has 1 aromatic rings. The Morgan fingerprint density at radius 1 is 0.914 bits per heavy atom. The third-order valence-corrected chi connectivity index (χ3v) is 5.87. The van der Waals surface area contributed by atoms with Gasteiger partial charge in [-0.1, -0.05) is 53.0 Å². The summed E-state index contributed by atoms with van der Waals surface area (Å²) in [6.45, 7) is 16.3. The van der Waals surface area contributed by atoms with E-state index >= 15 is 0 Å². The van der Waals surface area contributed by atoms with E-state index in [-0.39, 0.29) is 35.4 Å². The largest absolute Gasteiger partial charge is 0.502 e. The normalized spacial score (nSPS) is 12.9. The number of carbonyl (C=O) groups excluding carboxylic acids is 2. The fraction of sp³-hybridized carbons (Fsp3) is 0.517. The van der Waals surface area contributed by atoms with Crippen molar-refractivity contribution in [3.8, 4) is 11.5 Å². The van der Waals surface area contributed by atoms with Crippen LogP contribution in [0.4, 0.5) is 0 Å². The summed E-state index contributed by atoms with van der Waals surface area (Å²) in [5.41, 5.74) is 0.577. The SMILES string of the molecule is C=COCCCOc1cc(C(=O)[C@@H](C/C=C/C[C@H](C(=O)N(C)C)C(C)C)C(C)C)ccc1OC=C. The van der Waals surface area contributed by atoms with Crippen molar-refractivity contribution in [1.82, 2.24) is 4.90 Å². The van der Waals surface area contributed by atoms with Gasteiger partial charge in [-0.2, -0.15) is 0 Å². The van der Waals surface area contributed by atoms with Crippen LogP contribution in [0.5, 0.6) is 11.5 Å². The van der Waals surface area contributed by atoms with E-state index in [1.807, 2.05) is 12.2 Å². The van der Waals surface area contributed by atoms with Crippen LogP contribution in [0.25, 0.3) is 0 Å². The molecule has 0 aliphatic carbocycles. The first-order chi connectivity index (χ1) is 16.6. The van der Waals surface area contributed by atoms with Crippen LogP contribution in [0.15, 0.2) is 56.0 Å². The summed E-state index contributed by atoms with van der Waals surface area (Å²) in [6, 6.07) is 5.23. The molecule has 35 heavy (non-hydrogen) atoms. The average molecular weight is 486 g/mol. The second-order valence-corrected chi connectivity index (χ2v) is 9.43. The minimum atomic E-state index is -0.187. The molecule has 0 unspecified atom stereocenters. The maximum absolute atomic E-state index is 13.4. The van der Waals surface area contributed by atoms with Crippen molar-refractivity contribution >= 4 is 11.7 Å². The predicted octanol–water partition coefficient (Wildman–Crippen LogP) is 6.29. The Bertz CT molecular complexity index is 857. The number of Topliss-reactive ketones (excluding diaryl/α,β-unsaturated/α-hetero) is 1. The van der Waals surface area contributed by atoms with Crippen molar-refractivity contribution in [1.29, 1.82) is 0 Å². The molecule has 1 aromatic carbocycles. The van der Waals surface area contributed by atoms with Crippen LogP contribution in [0.1, 0.15) is 57.3 Å². The minimum Gasteiger partial charge on any atom is -0.502 e. The summed E-state index contributed by atoms with van der Waals surface area (Å²) >= 11 is 0. The standard InChI is InChI=1S/C29H43NO5/c1-9-33-18-13-19-35-27-20-23(16-17-26(27)34-10-2)28(31)24(21(3)4)14-11-12-15-25(22(5)6)29(32)30(7)8/h9-12,16-17,20-22,24-25H,1-2,13-15,18-19H2,3-8H3/b12-11+/t24-,25-/m0/s1. The van der Waals surface area contributed by atoms with Gasteiger partial charge in [0, 0.05) is 37.9 Å². The lowest BCUT2D eigenvalue weighted by molar-refractivity contribution is -0.134. The first-order valence-corrected chi connectivity index (χ1v) is 12.3. The maximum atomic E-state index is 13.4. The van der Waals surface area contributed by atoms with Gasteiger partial charge in [-0.15, -0.1) is 0 Å². The van der Waals surface area contributed by atoms with E-state index in [1.54, 1.807) is 37.2 Å². The molecular formula is C29H43NO5. The van der Waals surface area contributed by atoms with E-state index in [1.165, 1.54) is 12.5 Å². The fourth-order valence-corrected chi connectivity index (χ4v) is 3.74. The summed E-state index contributed by atoms with van der Waals surface area (Å²) in [5, 5.41) is 0. The van der Waals surface area contributed by atoms with Crippen LogP contribution in [0.2, 0.25) is 0 Å². The second kappa shape index (κ2) is 15.8. The van der Waals surface area contributed by atoms with Crippen molar-refractivity contribution in [3.63, 3.8) is 0 Å². The number of hydrogen-bond acceptors (Lipinski definition) is 5. The van der Waals surface area contributed by atoms with E-state index in [0.717, 1.165) is 0 Å². The molecule has 0 aliphatic heterocycles. The molecule has 0 saturated carbocycles. The quantitative estimate of drug-likeness (QED) is 0.112. The number of hydrogen-bond donors (Lipinski definition) is 0. The third kappa shape index (κ3) is 10.0. The van der Waals surface area contributed by atoms with Crippen molar-refractivity contribution < 1.29 is 23.8 Å². The molecule has 0 aliphatic rings. The number of ketones is 1. The highest BCUT2D eigenvalue weighted by molar-refractivity contribution is 5.98. The molecule has 1 amide bonds. The second-order valence-electron chi connectivity index (χ2n) is 9.43. The molecule has 0 fully saturated rings. The Labute approximate surface area is 211 Å². The van der Waals surface area contributed by atoms with Crippen LogP contribution in [0.3, 0.4) is 0 Å². The van der Waals surface area contributed by atoms with Crippen LogP contribution in [-0.4, -0.2) is 43.9 Å². The van der Waals surface area contributed by atoms with E-state index in [4.69, 9.17) is 14.2 Å². The Balaban J connectivity index is 2.95. The maximum Gasteiger partial charge on any atom is 0.225 e. The van der Waals surface area contributed by atoms with Gasteiger partial charge in [0.2, 0.25) is 5.91 Å². The van der Waals surface area contributed by atoms with Gasteiger partial charge < -0.3 is 19.1 Å². The average Bonchev–Trinajstić information content (AvgIpc) is 2.81. The van der Waals surface area contributed by atoms with Crippen molar-refractivity contribution in [2.45, 2.75) is 47.0 Å². The number of rotatable bonds is 17. The first-order valence-electron chi connectivity index (χ1n) is 12.3. The number of carbonyl (C=O) groups is 2. The molecule has 2 atom stereocenters. The van der Waals surface area contributed by atoms with E-state index in [2.05, 4.69) is 40.9 Å². The van der Waals surface area contributed by atoms with Gasteiger partial charge in [-0.05, 0) is 42.9 Å². The monoisotopic (exact) mass is 485 g/mol. The van der Waals surface area contributed by atoms with Crippen molar-refractivity contribution in [3.05, 3.63) is 61.6 Å². The number of benzene rings is 1. The van der Waals surface area contributed by atoms with Crippen LogP contribution in [0, 0.1) is 23.7 Å². The summed E-state index contributed by atoms with van der Waals surface area (Å²) in [4.78, 5) is 27.5. The summed E-state index contributed by atoms with van der Waals surface area (Å²) < 4.78 is 16.4. The summed E-state index contributed by atoms with van der Waals surface area (Å²) in [5.74, 6) is 1.33. The lowest BCUT2D eigenvalue weighted by atomic mass is 9.84. The van der Waals surface area contributed by atoms with Crippen molar-refractivity contribution in [2.24, 2.45) is 23.7 Å². The zero-order chi connectivity index (χ0) is 26.4. The van der Waals surface area contributed by atoms with Gasteiger partial charge in [0.15, 0.2) is 17.3 Å². The topological polar surface area (TPSA) is 65.1 Å². The van der Waals surface area contributed by atoms with Gasteiger partial charge in [0.05, 0.1) is 25.7 Å². The zero-order valence-electron chi connectivity index (χ0n) is 22.3. The summed E-state index contributed by atoms with van der Waals surface area (Å²) in [6.07, 6.45) is 8.74. The highest BCUT2D eigenvalue weighted by atomic mass is 16.5. The Morgan fingerprint density at radius 3 is 2.09 bits per heavy atom. The molecule has 0 heterocycles. The highest BCUT2D eigenvalue weighted by Gasteiger charge is 2.25. The molecule has 0 aromatic heterocycles. The molecule has 0 saturated heterocycles. The summed E-state index contributed by atoms with van der Waals surface area (Å²) in [7, 11) is 3.57. The van der Waals surface area contributed by atoms with Crippen LogP contribution >= 0.6 is 0 Å². The van der Waals surface area contributed by atoms with Gasteiger partial charge in [-0.25, -0.2) is 0 Å². The Morgan fingerprint density at radius 2 is 1.54 bits per heavy atom. The minimum absolute atomic E-state index is 0.0550. The number of allylic oxidation sites excluding steroid dienone is 2. The van der Waals surface area contributed by atoms with Gasteiger partial charge in [0.25, 0.3) is 0 Å². The predicted molar refractivity (Wildman–Crippen MR) is 142 cm³/mol.